The van der Waals surface area contributed by atoms with Gasteiger partial charge in [0.15, 0.2) is 9.84 Å². The lowest BCUT2D eigenvalue weighted by atomic mass is 10.2. The third-order valence-electron chi connectivity index (χ3n) is 4.67. The first-order valence-electron chi connectivity index (χ1n) is 8.39. The van der Waals surface area contributed by atoms with Gasteiger partial charge in [-0.15, -0.1) is 0 Å². The quantitative estimate of drug-likeness (QED) is 0.779. The highest BCUT2D eigenvalue weighted by molar-refractivity contribution is 7.91. The van der Waals surface area contributed by atoms with Crippen molar-refractivity contribution in [1.82, 2.24) is 10.0 Å². The van der Waals surface area contributed by atoms with Crippen molar-refractivity contribution in [3.8, 4) is 0 Å². The molecule has 9 heteroatoms. The summed E-state index contributed by atoms with van der Waals surface area (Å²) in [6, 6.07) is 5.29. The Morgan fingerprint density at radius 3 is 2.20 bits per heavy atom. The van der Waals surface area contributed by atoms with Crippen LogP contribution in [0.4, 0.5) is 0 Å². The Morgan fingerprint density at radius 2 is 1.64 bits per heavy atom. The summed E-state index contributed by atoms with van der Waals surface area (Å²) in [4.78, 5) is 12.3. The van der Waals surface area contributed by atoms with Crippen LogP contribution in [-0.4, -0.2) is 46.3 Å². The average molecular weight is 386 g/mol. The second kappa shape index (κ2) is 7.05. The van der Waals surface area contributed by atoms with Gasteiger partial charge in [-0.1, -0.05) is 12.8 Å². The van der Waals surface area contributed by atoms with Gasteiger partial charge in [-0.05, 0) is 43.5 Å². The first-order chi connectivity index (χ1) is 11.8. The van der Waals surface area contributed by atoms with Crippen molar-refractivity contribution >= 4 is 25.8 Å². The molecule has 1 unspecified atom stereocenters. The first kappa shape index (κ1) is 18.3. The SMILES string of the molecule is O=C(NC1CCS(=O)(=O)C1)c1ccc(S(=O)(=O)NC2CCCC2)cc1. The van der Waals surface area contributed by atoms with E-state index in [9.17, 15) is 21.6 Å². The minimum Gasteiger partial charge on any atom is -0.348 e. The van der Waals surface area contributed by atoms with E-state index in [0.717, 1.165) is 25.7 Å². The van der Waals surface area contributed by atoms with Crippen LogP contribution >= 0.6 is 0 Å². The Hall–Kier alpha value is -1.45. The minimum absolute atomic E-state index is 0.0164. The lowest BCUT2D eigenvalue weighted by Crippen LogP contribution is -2.35. The molecule has 0 bridgehead atoms. The Balaban J connectivity index is 1.64. The minimum atomic E-state index is -3.58. The molecule has 2 aliphatic rings. The Morgan fingerprint density at radius 1 is 1.00 bits per heavy atom. The lowest BCUT2D eigenvalue weighted by molar-refractivity contribution is 0.0941. The molecule has 7 nitrogen and oxygen atoms in total. The molecule has 0 aromatic heterocycles. The molecule has 1 aliphatic heterocycles. The summed E-state index contributed by atoms with van der Waals surface area (Å²) in [5, 5.41) is 2.68. The summed E-state index contributed by atoms with van der Waals surface area (Å²) in [5.41, 5.74) is 0.309. The van der Waals surface area contributed by atoms with Crippen LogP contribution in [0.2, 0.25) is 0 Å². The average Bonchev–Trinajstić information content (AvgIpc) is 3.16. The van der Waals surface area contributed by atoms with Gasteiger partial charge in [0.25, 0.3) is 5.91 Å². The maximum absolute atomic E-state index is 12.3. The van der Waals surface area contributed by atoms with Gasteiger partial charge >= 0.3 is 0 Å². The van der Waals surface area contributed by atoms with Crippen molar-refractivity contribution in [3.63, 3.8) is 0 Å². The number of hydrogen-bond acceptors (Lipinski definition) is 5. The molecule has 25 heavy (non-hydrogen) atoms. The predicted octanol–water partition coefficient (Wildman–Crippen LogP) is 0.824. The van der Waals surface area contributed by atoms with Crippen LogP contribution in [0, 0.1) is 0 Å². The molecule has 1 amide bonds. The lowest BCUT2D eigenvalue weighted by Gasteiger charge is -2.13. The largest absolute Gasteiger partial charge is 0.348 e. The van der Waals surface area contributed by atoms with Crippen LogP contribution in [0.25, 0.3) is 0 Å². The fourth-order valence-electron chi connectivity index (χ4n) is 3.29. The molecule has 1 atom stereocenters. The number of hydrogen-bond donors (Lipinski definition) is 2. The van der Waals surface area contributed by atoms with Crippen LogP contribution in [0.1, 0.15) is 42.5 Å². The number of rotatable bonds is 5. The summed E-state index contributed by atoms with van der Waals surface area (Å²) in [7, 11) is -6.65. The van der Waals surface area contributed by atoms with Gasteiger partial charge in [0, 0.05) is 17.6 Å². The smallest absolute Gasteiger partial charge is 0.251 e. The highest BCUT2D eigenvalue weighted by Crippen LogP contribution is 2.20. The maximum atomic E-state index is 12.3. The molecule has 1 saturated carbocycles. The topological polar surface area (TPSA) is 109 Å². The standard InChI is InChI=1S/C16H22N2O5S2/c19-16(17-14-9-10-24(20,21)11-14)12-5-7-15(8-6-12)25(22,23)18-13-3-1-2-4-13/h5-8,13-14,18H,1-4,9-11H2,(H,17,19). The molecule has 2 N–H and O–H groups in total. The molecular formula is C16H22N2O5S2. The van der Waals surface area contributed by atoms with E-state index in [1.165, 1.54) is 24.3 Å². The van der Waals surface area contributed by atoms with Gasteiger partial charge in [0.2, 0.25) is 10.0 Å². The highest BCUT2D eigenvalue weighted by Gasteiger charge is 2.29. The second-order valence-corrected chi connectivity index (χ2v) is 10.6. The van der Waals surface area contributed by atoms with Gasteiger partial charge in [-0.25, -0.2) is 21.6 Å². The van der Waals surface area contributed by atoms with Crippen LogP contribution in [0.3, 0.4) is 0 Å². The number of carbonyl (C=O) groups is 1. The summed E-state index contributed by atoms with van der Waals surface area (Å²) in [5.74, 6) is -0.354. The molecule has 2 fully saturated rings. The molecule has 1 saturated heterocycles. The molecule has 138 valence electrons. The summed E-state index contributed by atoms with van der Waals surface area (Å²) in [6.45, 7) is 0. The highest BCUT2D eigenvalue weighted by atomic mass is 32.2. The fourth-order valence-corrected chi connectivity index (χ4v) is 6.27. The monoisotopic (exact) mass is 386 g/mol. The van der Waals surface area contributed by atoms with E-state index in [1.807, 2.05) is 0 Å². The third kappa shape index (κ3) is 4.59. The van der Waals surface area contributed by atoms with Crippen LogP contribution in [-0.2, 0) is 19.9 Å². The molecule has 3 rings (SSSR count). The zero-order valence-electron chi connectivity index (χ0n) is 13.8. The Bertz CT molecular complexity index is 841. The van der Waals surface area contributed by atoms with Gasteiger partial charge in [0.05, 0.1) is 16.4 Å². The molecule has 0 radical (unpaired) electrons. The van der Waals surface area contributed by atoms with Crippen molar-refractivity contribution in [2.24, 2.45) is 0 Å². The number of amides is 1. The molecule has 1 aromatic rings. The first-order valence-corrected chi connectivity index (χ1v) is 11.7. The Labute approximate surface area is 148 Å². The van der Waals surface area contributed by atoms with Crippen molar-refractivity contribution in [3.05, 3.63) is 29.8 Å². The Kier molecular flexibility index (Phi) is 5.17. The summed E-state index contributed by atoms with van der Waals surface area (Å²) < 4.78 is 50.2. The molecule has 1 aromatic carbocycles. The van der Waals surface area contributed by atoms with Gasteiger partial charge in [0.1, 0.15) is 0 Å². The molecule has 0 spiro atoms. The van der Waals surface area contributed by atoms with Crippen molar-refractivity contribution in [2.45, 2.75) is 49.1 Å². The van der Waals surface area contributed by atoms with E-state index in [4.69, 9.17) is 0 Å². The normalized spacial score (nSPS) is 23.6. The predicted molar refractivity (Wildman–Crippen MR) is 93.5 cm³/mol. The zero-order valence-corrected chi connectivity index (χ0v) is 15.4. The van der Waals surface area contributed by atoms with E-state index in [2.05, 4.69) is 10.0 Å². The zero-order chi connectivity index (χ0) is 18.1. The van der Waals surface area contributed by atoms with Crippen LogP contribution in [0.15, 0.2) is 29.2 Å². The van der Waals surface area contributed by atoms with E-state index in [-0.39, 0.29) is 28.5 Å². The van der Waals surface area contributed by atoms with E-state index in [1.54, 1.807) is 0 Å². The van der Waals surface area contributed by atoms with Gasteiger partial charge in [-0.3, -0.25) is 4.79 Å². The van der Waals surface area contributed by atoms with Gasteiger partial charge < -0.3 is 5.32 Å². The number of sulfonamides is 1. The van der Waals surface area contributed by atoms with Crippen molar-refractivity contribution in [2.75, 3.05) is 11.5 Å². The van der Waals surface area contributed by atoms with Crippen molar-refractivity contribution in [1.29, 1.82) is 0 Å². The number of sulfone groups is 1. The van der Waals surface area contributed by atoms with E-state index < -0.39 is 25.8 Å². The third-order valence-corrected chi connectivity index (χ3v) is 7.98. The van der Waals surface area contributed by atoms with Crippen LogP contribution < -0.4 is 10.0 Å². The molecule has 1 aliphatic carbocycles. The van der Waals surface area contributed by atoms with E-state index in [0.29, 0.717) is 12.0 Å². The molecular weight excluding hydrogens is 364 g/mol. The van der Waals surface area contributed by atoms with E-state index >= 15 is 0 Å². The summed E-state index contributed by atoms with van der Waals surface area (Å²) in [6.07, 6.45) is 4.17. The second-order valence-electron chi connectivity index (χ2n) is 6.70. The number of nitrogens with one attached hydrogen (secondary N) is 2. The number of benzene rings is 1. The fraction of sp³-hybridized carbons (Fsp3) is 0.562. The number of carbonyl (C=O) groups excluding carboxylic acids is 1. The summed E-state index contributed by atoms with van der Waals surface area (Å²) >= 11 is 0. The molecule has 1 heterocycles. The maximum Gasteiger partial charge on any atom is 0.251 e. The van der Waals surface area contributed by atoms with Crippen LogP contribution in [0.5, 0.6) is 0 Å². The van der Waals surface area contributed by atoms with Crippen molar-refractivity contribution < 1.29 is 21.6 Å². The van der Waals surface area contributed by atoms with Gasteiger partial charge in [-0.2, -0.15) is 0 Å².